The van der Waals surface area contributed by atoms with Crippen molar-refractivity contribution in [2.45, 2.75) is 0 Å². The Morgan fingerprint density at radius 3 is 2.25 bits per heavy atom. The van der Waals surface area contributed by atoms with E-state index in [0.29, 0.717) is 5.56 Å². The Balaban J connectivity index is 2.00. The third-order valence-corrected chi connectivity index (χ3v) is 2.81. The summed E-state index contributed by atoms with van der Waals surface area (Å²) in [5, 5.41) is -0.0311. The Kier molecular flexibility index (Phi) is 4.32. The van der Waals surface area contributed by atoms with Crippen molar-refractivity contribution in [1.29, 1.82) is 0 Å². The van der Waals surface area contributed by atoms with Crippen molar-refractivity contribution in [3.63, 3.8) is 0 Å². The molecule has 2 rings (SSSR count). The van der Waals surface area contributed by atoms with Crippen LogP contribution in [0.2, 0.25) is 5.02 Å². The molecule has 4 nitrogen and oxygen atoms in total. The fourth-order valence-corrected chi connectivity index (χ4v) is 1.77. The summed E-state index contributed by atoms with van der Waals surface area (Å²) >= 11 is 5.74. The molecule has 0 radical (unpaired) electrons. The van der Waals surface area contributed by atoms with Crippen LogP contribution in [-0.4, -0.2) is 11.8 Å². The fraction of sp³-hybridized carbons (Fsp3) is 0. The fourth-order valence-electron chi connectivity index (χ4n) is 1.52. The van der Waals surface area contributed by atoms with Crippen molar-refractivity contribution >= 4 is 23.4 Å². The SMILES string of the molecule is O=C(NNC(=O)c1ccc(F)cc1Cl)c1ccccc1. The zero-order chi connectivity index (χ0) is 14.5. The smallest absolute Gasteiger partial charge is 0.267 e. The number of hydrazine groups is 1. The van der Waals surface area contributed by atoms with Crippen LogP contribution in [0.3, 0.4) is 0 Å². The highest BCUT2D eigenvalue weighted by Gasteiger charge is 2.12. The quantitative estimate of drug-likeness (QED) is 0.836. The Morgan fingerprint density at radius 1 is 0.950 bits per heavy atom. The van der Waals surface area contributed by atoms with Gasteiger partial charge in [0.1, 0.15) is 5.82 Å². The first kappa shape index (κ1) is 14.0. The summed E-state index contributed by atoms with van der Waals surface area (Å²) in [5.74, 6) is -1.63. The molecule has 0 spiro atoms. The van der Waals surface area contributed by atoms with E-state index in [2.05, 4.69) is 10.9 Å². The zero-order valence-electron chi connectivity index (χ0n) is 10.2. The summed E-state index contributed by atoms with van der Waals surface area (Å²) in [5.41, 5.74) is 4.93. The van der Waals surface area contributed by atoms with Gasteiger partial charge in [0.05, 0.1) is 10.6 Å². The average molecular weight is 293 g/mol. The highest BCUT2D eigenvalue weighted by molar-refractivity contribution is 6.33. The van der Waals surface area contributed by atoms with Crippen LogP contribution in [0.15, 0.2) is 48.5 Å². The molecule has 0 heterocycles. The molecular weight excluding hydrogens is 283 g/mol. The van der Waals surface area contributed by atoms with E-state index in [1.165, 1.54) is 6.07 Å². The molecule has 0 bridgehead atoms. The monoisotopic (exact) mass is 292 g/mol. The molecule has 2 aromatic rings. The lowest BCUT2D eigenvalue weighted by atomic mass is 10.2. The van der Waals surface area contributed by atoms with Gasteiger partial charge in [0.15, 0.2) is 0 Å². The van der Waals surface area contributed by atoms with Crippen LogP contribution in [-0.2, 0) is 0 Å². The molecule has 0 aliphatic carbocycles. The van der Waals surface area contributed by atoms with E-state index in [1.807, 2.05) is 0 Å². The number of nitrogens with one attached hydrogen (secondary N) is 2. The zero-order valence-corrected chi connectivity index (χ0v) is 10.9. The lowest BCUT2D eigenvalue weighted by Crippen LogP contribution is -2.41. The summed E-state index contributed by atoms with van der Waals surface area (Å²) < 4.78 is 12.9. The van der Waals surface area contributed by atoms with Crippen molar-refractivity contribution in [3.05, 3.63) is 70.5 Å². The van der Waals surface area contributed by atoms with Crippen molar-refractivity contribution in [2.75, 3.05) is 0 Å². The van der Waals surface area contributed by atoms with Crippen LogP contribution in [0.4, 0.5) is 4.39 Å². The second kappa shape index (κ2) is 6.16. The molecule has 20 heavy (non-hydrogen) atoms. The molecule has 2 aromatic carbocycles. The van der Waals surface area contributed by atoms with E-state index in [1.54, 1.807) is 30.3 Å². The lowest BCUT2D eigenvalue weighted by Gasteiger charge is -2.08. The molecule has 6 heteroatoms. The predicted octanol–water partition coefficient (Wildman–Crippen LogP) is 2.55. The minimum atomic E-state index is -0.626. The van der Waals surface area contributed by atoms with Gasteiger partial charge in [-0.15, -0.1) is 0 Å². The minimum absolute atomic E-state index is 0.0311. The number of halogens is 2. The van der Waals surface area contributed by atoms with Gasteiger partial charge < -0.3 is 0 Å². The molecule has 0 atom stereocenters. The van der Waals surface area contributed by atoms with Gasteiger partial charge in [0, 0.05) is 5.56 Å². The molecule has 2 N–H and O–H groups in total. The van der Waals surface area contributed by atoms with Crippen LogP contribution in [0.5, 0.6) is 0 Å². The molecule has 0 aromatic heterocycles. The van der Waals surface area contributed by atoms with Gasteiger partial charge in [-0.25, -0.2) is 4.39 Å². The maximum Gasteiger partial charge on any atom is 0.271 e. The van der Waals surface area contributed by atoms with Crippen LogP contribution in [0, 0.1) is 5.82 Å². The standard InChI is InChI=1S/C14H10ClFN2O2/c15-12-8-10(16)6-7-11(12)14(20)18-17-13(19)9-4-2-1-3-5-9/h1-8H,(H,17,19)(H,18,20). The topological polar surface area (TPSA) is 58.2 Å². The molecule has 0 saturated carbocycles. The first-order valence-electron chi connectivity index (χ1n) is 5.68. The largest absolute Gasteiger partial charge is 0.271 e. The van der Waals surface area contributed by atoms with Crippen LogP contribution >= 0.6 is 11.6 Å². The number of carbonyl (C=O) groups is 2. The first-order chi connectivity index (χ1) is 9.58. The molecule has 102 valence electrons. The summed E-state index contributed by atoms with van der Waals surface area (Å²) in [6.45, 7) is 0. The van der Waals surface area contributed by atoms with Crippen molar-refractivity contribution in [3.8, 4) is 0 Å². The highest BCUT2D eigenvalue weighted by Crippen LogP contribution is 2.16. The molecular formula is C14H10ClFN2O2. The predicted molar refractivity (Wildman–Crippen MR) is 72.8 cm³/mol. The van der Waals surface area contributed by atoms with E-state index in [-0.39, 0.29) is 10.6 Å². The van der Waals surface area contributed by atoms with Crippen LogP contribution < -0.4 is 10.9 Å². The number of rotatable bonds is 2. The summed E-state index contributed by atoms with van der Waals surface area (Å²) in [7, 11) is 0. The van der Waals surface area contributed by atoms with Crippen LogP contribution in [0.25, 0.3) is 0 Å². The molecule has 0 unspecified atom stereocenters. The average Bonchev–Trinajstić information content (AvgIpc) is 2.45. The number of carbonyl (C=O) groups excluding carboxylic acids is 2. The van der Waals surface area contributed by atoms with E-state index in [9.17, 15) is 14.0 Å². The third kappa shape index (κ3) is 3.33. The van der Waals surface area contributed by atoms with Crippen molar-refractivity contribution in [2.24, 2.45) is 0 Å². The first-order valence-corrected chi connectivity index (χ1v) is 6.06. The van der Waals surface area contributed by atoms with Crippen molar-refractivity contribution < 1.29 is 14.0 Å². The Labute approximate surface area is 119 Å². The van der Waals surface area contributed by atoms with Gasteiger partial charge >= 0.3 is 0 Å². The van der Waals surface area contributed by atoms with Gasteiger partial charge in [0.25, 0.3) is 11.8 Å². The van der Waals surface area contributed by atoms with Crippen molar-refractivity contribution in [1.82, 2.24) is 10.9 Å². The highest BCUT2D eigenvalue weighted by atomic mass is 35.5. The molecule has 0 saturated heterocycles. The summed E-state index contributed by atoms with van der Waals surface area (Å²) in [6.07, 6.45) is 0. The molecule has 0 aliphatic heterocycles. The number of benzene rings is 2. The number of hydrogen-bond donors (Lipinski definition) is 2. The van der Waals surface area contributed by atoms with Gasteiger partial charge in [-0.3, -0.25) is 20.4 Å². The Bertz CT molecular complexity index is 647. The molecule has 0 fully saturated rings. The maximum atomic E-state index is 12.9. The van der Waals surface area contributed by atoms with Gasteiger partial charge in [-0.1, -0.05) is 29.8 Å². The van der Waals surface area contributed by atoms with E-state index in [4.69, 9.17) is 11.6 Å². The Morgan fingerprint density at radius 2 is 1.60 bits per heavy atom. The molecule has 2 amide bonds. The number of amides is 2. The van der Waals surface area contributed by atoms with E-state index < -0.39 is 17.6 Å². The number of hydrogen-bond acceptors (Lipinski definition) is 2. The van der Waals surface area contributed by atoms with Crippen LogP contribution in [0.1, 0.15) is 20.7 Å². The summed E-state index contributed by atoms with van der Waals surface area (Å²) in [4.78, 5) is 23.5. The maximum absolute atomic E-state index is 12.9. The second-order valence-electron chi connectivity index (χ2n) is 3.90. The second-order valence-corrected chi connectivity index (χ2v) is 4.31. The minimum Gasteiger partial charge on any atom is -0.267 e. The van der Waals surface area contributed by atoms with Gasteiger partial charge in [-0.05, 0) is 30.3 Å². The molecule has 0 aliphatic rings. The lowest BCUT2D eigenvalue weighted by molar-refractivity contribution is 0.0846. The van der Waals surface area contributed by atoms with Gasteiger partial charge in [0.2, 0.25) is 0 Å². The summed E-state index contributed by atoms with van der Waals surface area (Å²) in [6, 6.07) is 11.8. The normalized spacial score (nSPS) is 9.90. The Hall–Kier alpha value is -2.40. The third-order valence-electron chi connectivity index (χ3n) is 2.50. The van der Waals surface area contributed by atoms with E-state index in [0.717, 1.165) is 12.1 Å². The van der Waals surface area contributed by atoms with E-state index >= 15 is 0 Å². The van der Waals surface area contributed by atoms with Gasteiger partial charge in [-0.2, -0.15) is 0 Å².